The van der Waals surface area contributed by atoms with Crippen molar-refractivity contribution in [2.45, 2.75) is 349 Å². The Kier molecular flexibility index (Phi) is 48.4. The van der Waals surface area contributed by atoms with Gasteiger partial charge in [-0.05, 0) is 64.2 Å². The van der Waals surface area contributed by atoms with E-state index >= 15 is 0 Å². The van der Waals surface area contributed by atoms with E-state index in [0.29, 0.717) is 6.42 Å². The van der Waals surface area contributed by atoms with E-state index in [-0.39, 0.29) is 18.9 Å². The average Bonchev–Trinajstić information content (AvgIpc) is 0.876. The van der Waals surface area contributed by atoms with Crippen molar-refractivity contribution in [2.24, 2.45) is 0 Å². The lowest BCUT2D eigenvalue weighted by atomic mass is 9.96. The molecule has 528 valence electrons. The molecule has 0 aromatic carbocycles. The first-order chi connectivity index (χ1) is 44.3. The lowest BCUT2D eigenvalue weighted by molar-refractivity contribution is -0.379. The maximum atomic E-state index is 13.4. The molecule has 0 aromatic rings. The van der Waals surface area contributed by atoms with Gasteiger partial charge in [-0.1, -0.05) is 247 Å². The van der Waals surface area contributed by atoms with Crippen LogP contribution in [0.3, 0.4) is 0 Å². The van der Waals surface area contributed by atoms with E-state index in [4.69, 9.17) is 28.4 Å². The molecular formula is C72H127NO18. The van der Waals surface area contributed by atoms with Gasteiger partial charge in [0.15, 0.2) is 18.9 Å². The van der Waals surface area contributed by atoms with Crippen molar-refractivity contribution in [1.82, 2.24) is 5.32 Å². The van der Waals surface area contributed by atoms with E-state index in [9.17, 15) is 61.0 Å². The summed E-state index contributed by atoms with van der Waals surface area (Å²) in [6.45, 7) is 1.62. The molecule has 91 heavy (non-hydrogen) atoms. The van der Waals surface area contributed by atoms with Crippen molar-refractivity contribution in [3.63, 3.8) is 0 Å². The first-order valence-corrected chi connectivity index (χ1v) is 35.7. The summed E-state index contributed by atoms with van der Waals surface area (Å²) in [5.74, 6) is -0.277. The monoisotopic (exact) mass is 1290 g/mol. The minimum atomic E-state index is -1.98. The Hall–Kier alpha value is -2.77. The lowest BCUT2D eigenvalue weighted by Crippen LogP contribution is -2.66. The average molecular weight is 1290 g/mol. The molecule has 0 saturated carbocycles. The fraction of sp³-hybridized carbons (Fsp3) is 0.819. The highest BCUT2D eigenvalue weighted by molar-refractivity contribution is 5.76. The quantitative estimate of drug-likeness (QED) is 0.0199. The SMILES string of the molecule is CC/C=C\C/C=C\C/C=C\C/C=C\C/C=C\CCCCCCCCCCCCCCCCCC(=O)NC(COC1OC(CO)C(OC2OC(CO)C(OC3OC(CO)C(O)C(O)C3O)C(O)C2O)C(O)C1O)C(O)/C=C/CCCCCCCCCCCCCCC. The molecule has 1 amide bonds. The minimum absolute atomic E-state index is 0.241. The Bertz CT molecular complexity index is 1930. The van der Waals surface area contributed by atoms with Gasteiger partial charge in [0.25, 0.3) is 0 Å². The second kappa shape index (κ2) is 53.4. The summed E-state index contributed by atoms with van der Waals surface area (Å²) in [4.78, 5) is 13.4. The van der Waals surface area contributed by atoms with Crippen molar-refractivity contribution >= 4 is 5.91 Å². The molecule has 17 unspecified atom stereocenters. The van der Waals surface area contributed by atoms with Crippen LogP contribution in [0.1, 0.15) is 245 Å². The van der Waals surface area contributed by atoms with Crippen LogP contribution < -0.4 is 5.32 Å². The number of ether oxygens (including phenoxy) is 6. The van der Waals surface area contributed by atoms with Crippen LogP contribution in [0.25, 0.3) is 0 Å². The lowest BCUT2D eigenvalue weighted by Gasteiger charge is -2.48. The molecule has 3 aliphatic rings. The van der Waals surface area contributed by atoms with Crippen molar-refractivity contribution < 1.29 is 89.4 Å². The number of aliphatic hydroxyl groups excluding tert-OH is 11. The first kappa shape index (κ1) is 82.5. The molecule has 3 aliphatic heterocycles. The highest BCUT2D eigenvalue weighted by Crippen LogP contribution is 2.33. The van der Waals surface area contributed by atoms with Crippen LogP contribution in [0.15, 0.2) is 72.9 Å². The van der Waals surface area contributed by atoms with Gasteiger partial charge in [0, 0.05) is 6.42 Å². The molecule has 3 fully saturated rings. The number of aliphatic hydroxyl groups is 11. The Morgan fingerprint density at radius 1 is 0.407 bits per heavy atom. The Labute approximate surface area is 547 Å². The summed E-state index contributed by atoms with van der Waals surface area (Å²) in [5, 5.41) is 120. The Morgan fingerprint density at radius 2 is 0.758 bits per heavy atom. The maximum Gasteiger partial charge on any atom is 0.220 e. The number of carbonyl (C=O) groups excluding carboxylic acids is 1. The molecule has 0 radical (unpaired) electrons. The zero-order valence-electron chi connectivity index (χ0n) is 55.8. The summed E-state index contributed by atoms with van der Waals surface area (Å²) in [6, 6.07) is -0.976. The second-order valence-electron chi connectivity index (χ2n) is 25.3. The van der Waals surface area contributed by atoms with Crippen LogP contribution in [0, 0.1) is 0 Å². The smallest absolute Gasteiger partial charge is 0.220 e. The van der Waals surface area contributed by atoms with E-state index in [1.54, 1.807) is 6.08 Å². The fourth-order valence-electron chi connectivity index (χ4n) is 11.7. The number of hydrogen-bond acceptors (Lipinski definition) is 18. The molecule has 3 rings (SSSR count). The van der Waals surface area contributed by atoms with Crippen molar-refractivity contribution in [1.29, 1.82) is 0 Å². The van der Waals surface area contributed by atoms with Crippen LogP contribution in [-0.4, -0.2) is 193 Å². The second-order valence-corrected chi connectivity index (χ2v) is 25.3. The van der Waals surface area contributed by atoms with Crippen molar-refractivity contribution in [3.8, 4) is 0 Å². The van der Waals surface area contributed by atoms with Gasteiger partial charge in [-0.2, -0.15) is 0 Å². The van der Waals surface area contributed by atoms with E-state index in [2.05, 4.69) is 79.9 Å². The summed E-state index contributed by atoms with van der Waals surface area (Å²) in [6.07, 6.45) is 40.2. The predicted octanol–water partition coefficient (Wildman–Crippen LogP) is 9.72. The van der Waals surface area contributed by atoms with Crippen molar-refractivity contribution in [3.05, 3.63) is 72.9 Å². The van der Waals surface area contributed by atoms with Crippen LogP contribution in [0.5, 0.6) is 0 Å². The number of carbonyl (C=O) groups is 1. The fourth-order valence-corrected chi connectivity index (χ4v) is 11.7. The normalized spacial score (nSPS) is 28.3. The Balaban J connectivity index is 1.38. The Morgan fingerprint density at radius 3 is 1.19 bits per heavy atom. The van der Waals surface area contributed by atoms with Gasteiger partial charge in [0.05, 0.1) is 38.6 Å². The molecule has 0 aliphatic carbocycles. The largest absolute Gasteiger partial charge is 0.394 e. The van der Waals surface area contributed by atoms with Crippen LogP contribution in [0.4, 0.5) is 0 Å². The minimum Gasteiger partial charge on any atom is -0.394 e. The molecule has 0 aromatic heterocycles. The van der Waals surface area contributed by atoms with Crippen molar-refractivity contribution in [2.75, 3.05) is 26.4 Å². The summed E-state index contributed by atoms with van der Waals surface area (Å²) in [7, 11) is 0. The van der Waals surface area contributed by atoms with Gasteiger partial charge in [-0.3, -0.25) is 4.79 Å². The predicted molar refractivity (Wildman–Crippen MR) is 355 cm³/mol. The maximum absolute atomic E-state index is 13.4. The third-order valence-corrected chi connectivity index (χ3v) is 17.5. The third kappa shape index (κ3) is 35.2. The van der Waals surface area contributed by atoms with Gasteiger partial charge >= 0.3 is 0 Å². The number of hydrogen-bond donors (Lipinski definition) is 12. The molecule has 0 bridgehead atoms. The standard InChI is InChI=1S/C72H127NO18/c1-3-5-7-9-11-13-15-17-19-20-21-22-23-24-25-26-27-28-29-30-31-32-33-34-36-38-40-42-44-46-48-50-60(78)73-55(56(77)49-47-45-43-41-39-37-35-18-16-14-12-10-8-6-4-2)54-86-70-66(84)63(81)68(58(52-75)88-70)91-72-67(85)64(82)69(59(53-76)89-72)90-71-65(83)62(80)61(79)57(51-74)87-71/h5,7,11,13,17,19,21-22,24-25,47,49,55-59,61-72,74-77,79-85H,3-4,6,8-10,12,14-16,18,20,23,26-46,48,50-54H2,1-2H3,(H,73,78)/b7-5-,13-11-,19-17-,22-21-,25-24-,49-47+. The molecule has 19 nitrogen and oxygen atoms in total. The molecule has 12 N–H and O–H groups in total. The van der Waals surface area contributed by atoms with E-state index in [1.165, 1.54) is 141 Å². The van der Waals surface area contributed by atoms with Crippen LogP contribution >= 0.6 is 0 Å². The number of amides is 1. The van der Waals surface area contributed by atoms with E-state index < -0.39 is 124 Å². The van der Waals surface area contributed by atoms with E-state index in [1.807, 2.05) is 6.08 Å². The topological polar surface area (TPSA) is 307 Å². The molecule has 3 saturated heterocycles. The van der Waals surface area contributed by atoms with Gasteiger partial charge in [-0.25, -0.2) is 0 Å². The number of rotatable bonds is 54. The summed E-state index contributed by atoms with van der Waals surface area (Å²) < 4.78 is 34.3. The van der Waals surface area contributed by atoms with Gasteiger partial charge < -0.3 is 89.9 Å². The summed E-state index contributed by atoms with van der Waals surface area (Å²) >= 11 is 0. The zero-order chi connectivity index (χ0) is 66.1. The number of unbranched alkanes of at least 4 members (excludes halogenated alkanes) is 28. The first-order valence-electron chi connectivity index (χ1n) is 35.7. The number of nitrogens with one attached hydrogen (secondary N) is 1. The van der Waals surface area contributed by atoms with Gasteiger partial charge in [0.1, 0.15) is 73.2 Å². The molecule has 0 spiro atoms. The molecule has 19 heteroatoms. The van der Waals surface area contributed by atoms with Crippen LogP contribution in [-0.2, 0) is 33.2 Å². The van der Waals surface area contributed by atoms with E-state index in [0.717, 1.165) is 77.0 Å². The third-order valence-electron chi connectivity index (χ3n) is 17.5. The molecule has 17 atom stereocenters. The van der Waals surface area contributed by atoms with Gasteiger partial charge in [-0.15, -0.1) is 0 Å². The van der Waals surface area contributed by atoms with Crippen LogP contribution in [0.2, 0.25) is 0 Å². The highest BCUT2D eigenvalue weighted by Gasteiger charge is 2.53. The van der Waals surface area contributed by atoms with Gasteiger partial charge in [0.2, 0.25) is 5.91 Å². The summed E-state index contributed by atoms with van der Waals surface area (Å²) in [5.41, 5.74) is 0. The zero-order valence-corrected chi connectivity index (χ0v) is 55.8. The molecular weight excluding hydrogens is 1170 g/mol. The highest BCUT2D eigenvalue weighted by atomic mass is 16.8. The molecule has 3 heterocycles. The number of allylic oxidation sites excluding steroid dienone is 11.